The number of nitriles is 1. The molecule has 0 saturated heterocycles. The van der Waals surface area contributed by atoms with Crippen LogP contribution in [0.4, 0.5) is 0 Å². The van der Waals surface area contributed by atoms with E-state index in [1.807, 2.05) is 30.3 Å². The highest BCUT2D eigenvalue weighted by molar-refractivity contribution is 7.07. The molecule has 0 fully saturated rings. The van der Waals surface area contributed by atoms with Crippen molar-refractivity contribution in [2.45, 2.75) is 19.9 Å². The Labute approximate surface area is 228 Å². The predicted octanol–water partition coefficient (Wildman–Crippen LogP) is 1.43. The van der Waals surface area contributed by atoms with E-state index in [0.717, 1.165) is 27.5 Å². The van der Waals surface area contributed by atoms with E-state index < -0.39 is 23.4 Å². The summed E-state index contributed by atoms with van der Waals surface area (Å²) in [4.78, 5) is 39.0. The van der Waals surface area contributed by atoms with Crippen molar-refractivity contribution in [3.63, 3.8) is 0 Å². The number of hydrogen-bond acceptors (Lipinski definition) is 9. The third kappa shape index (κ3) is 5.42. The van der Waals surface area contributed by atoms with Crippen LogP contribution in [0.2, 0.25) is 0 Å². The maximum atomic E-state index is 13.8. The van der Waals surface area contributed by atoms with Gasteiger partial charge < -0.3 is 25.3 Å². The van der Waals surface area contributed by atoms with Gasteiger partial charge in [0.2, 0.25) is 0 Å². The van der Waals surface area contributed by atoms with E-state index in [9.17, 15) is 19.6 Å². The number of carbonyl (C=O) groups excluding carboxylic acids is 2. The van der Waals surface area contributed by atoms with E-state index in [-0.39, 0.29) is 40.1 Å². The first-order valence-corrected chi connectivity index (χ1v) is 12.2. The minimum absolute atomic E-state index is 0. The lowest BCUT2D eigenvalue weighted by Gasteiger charge is -2.26. The summed E-state index contributed by atoms with van der Waals surface area (Å²) in [5, 5.41) is 13.1. The van der Waals surface area contributed by atoms with Crippen LogP contribution in [0.5, 0.6) is 11.5 Å². The zero-order valence-electron chi connectivity index (χ0n) is 20.8. The predicted molar refractivity (Wildman–Crippen MR) is 148 cm³/mol. The van der Waals surface area contributed by atoms with Crippen LogP contribution in [-0.2, 0) is 20.9 Å². The summed E-state index contributed by atoms with van der Waals surface area (Å²) in [6.45, 7) is 0.202. The zero-order chi connectivity index (χ0) is 27.4. The molecule has 1 unspecified atom stereocenters. The van der Waals surface area contributed by atoms with Gasteiger partial charge in [0, 0.05) is 24.3 Å². The lowest BCUT2D eigenvalue weighted by molar-refractivity contribution is -0.133. The van der Waals surface area contributed by atoms with Crippen molar-refractivity contribution < 1.29 is 23.8 Å². The first kappa shape index (κ1) is 28.7. The van der Waals surface area contributed by atoms with Gasteiger partial charge >= 0.3 is 5.97 Å². The minimum atomic E-state index is -0.972. The van der Waals surface area contributed by atoms with Crippen LogP contribution >= 0.6 is 11.3 Å². The number of ether oxygens (including phenoxy) is 3. The molecular formula is C28H28N4O6S. The van der Waals surface area contributed by atoms with Crippen LogP contribution in [0.3, 0.4) is 0 Å². The molecule has 0 spiro atoms. The van der Waals surface area contributed by atoms with Crippen molar-refractivity contribution in [2.24, 2.45) is 5.73 Å². The second-order valence-electron chi connectivity index (χ2n) is 8.11. The molecule has 2 heterocycles. The van der Waals surface area contributed by atoms with Gasteiger partial charge in [0.1, 0.15) is 26.5 Å². The van der Waals surface area contributed by atoms with Crippen LogP contribution in [0.15, 0.2) is 58.9 Å². The Kier molecular flexibility index (Phi) is 8.96. The largest absolute Gasteiger partial charge is 0.497 e. The highest BCUT2D eigenvalue weighted by Crippen LogP contribution is 2.41. The number of benzene rings is 2. The van der Waals surface area contributed by atoms with E-state index >= 15 is 0 Å². The zero-order valence-corrected chi connectivity index (χ0v) is 21.6. The number of hydrogen-bond donors (Lipinski definition) is 2. The molecule has 0 radical (unpaired) electrons. The lowest BCUT2D eigenvalue weighted by atomic mass is 9.82. The Morgan fingerprint density at radius 2 is 1.87 bits per heavy atom. The Morgan fingerprint density at radius 1 is 1.15 bits per heavy atom. The molecule has 3 N–H and O–H groups in total. The fraction of sp³-hybridized carbons (Fsp3) is 0.214. The molecule has 1 atom stereocenters. The maximum absolute atomic E-state index is 13.8. The molecule has 1 aromatic heterocycles. The molecule has 4 rings (SSSR count). The standard InChI is InChI=1S/C27H24N4O6S.CH4/c1-35-16-9-10-17(19(11-16)36-2)22-18(13-28)24(29)31-26(34)20(12-21(32)37-3)38-27(31)23(22)25(33)30-14-15-7-5-4-6-8-15;/h4-12,22H,14,29H2,1-3H3,(H,30,33);1H4/b20-12-;. The van der Waals surface area contributed by atoms with E-state index in [4.69, 9.17) is 15.2 Å². The van der Waals surface area contributed by atoms with Gasteiger partial charge in [-0.2, -0.15) is 5.26 Å². The molecule has 202 valence electrons. The number of thiazole rings is 1. The highest BCUT2D eigenvalue weighted by atomic mass is 32.1. The number of nitrogens with zero attached hydrogens (tertiary/aromatic N) is 2. The van der Waals surface area contributed by atoms with Crippen molar-refractivity contribution in [3.05, 3.63) is 84.8 Å². The summed E-state index contributed by atoms with van der Waals surface area (Å²) in [6.07, 6.45) is 1.03. The molecule has 3 aromatic rings. The number of nitrogens with two attached hydrogens (primary N) is 1. The van der Waals surface area contributed by atoms with Gasteiger partial charge in [0.25, 0.3) is 11.5 Å². The summed E-state index contributed by atoms with van der Waals surface area (Å²) in [5.74, 6) is -1.51. The van der Waals surface area contributed by atoms with Gasteiger partial charge in [0.15, 0.2) is 0 Å². The van der Waals surface area contributed by atoms with Gasteiger partial charge in [-0.15, -0.1) is 11.3 Å². The molecule has 11 heteroatoms. The van der Waals surface area contributed by atoms with E-state index in [2.05, 4.69) is 16.1 Å². The molecule has 0 aliphatic carbocycles. The van der Waals surface area contributed by atoms with Crippen LogP contribution in [0, 0.1) is 11.3 Å². The van der Waals surface area contributed by atoms with E-state index in [1.54, 1.807) is 18.2 Å². The van der Waals surface area contributed by atoms with Crippen molar-refractivity contribution >= 4 is 40.7 Å². The van der Waals surface area contributed by atoms with Gasteiger partial charge in [-0.3, -0.25) is 14.2 Å². The summed E-state index contributed by atoms with van der Waals surface area (Å²) in [7, 11) is 4.15. The van der Waals surface area contributed by atoms with Gasteiger partial charge in [0.05, 0.1) is 44.5 Å². The smallest absolute Gasteiger partial charge is 0.332 e. The van der Waals surface area contributed by atoms with Crippen LogP contribution in [-0.4, -0.2) is 37.8 Å². The summed E-state index contributed by atoms with van der Waals surface area (Å²) in [6, 6.07) is 16.4. The number of amides is 1. The van der Waals surface area contributed by atoms with Gasteiger partial charge in [-0.25, -0.2) is 4.79 Å². The molecule has 2 aromatic carbocycles. The van der Waals surface area contributed by atoms with Crippen molar-refractivity contribution in [2.75, 3.05) is 21.3 Å². The van der Waals surface area contributed by atoms with Crippen molar-refractivity contribution in [3.8, 4) is 17.6 Å². The van der Waals surface area contributed by atoms with Crippen LogP contribution in [0.1, 0.15) is 24.5 Å². The van der Waals surface area contributed by atoms with E-state index in [0.29, 0.717) is 17.1 Å². The monoisotopic (exact) mass is 548 g/mol. The number of fused-ring (bicyclic) bond motifs is 1. The van der Waals surface area contributed by atoms with Crippen molar-refractivity contribution in [1.82, 2.24) is 9.88 Å². The van der Waals surface area contributed by atoms with Gasteiger partial charge in [-0.05, 0) is 11.6 Å². The Morgan fingerprint density at radius 3 is 2.49 bits per heavy atom. The molecular weight excluding hydrogens is 520 g/mol. The molecule has 0 bridgehead atoms. The Balaban J connectivity index is 0.00000420. The minimum Gasteiger partial charge on any atom is -0.497 e. The highest BCUT2D eigenvalue weighted by Gasteiger charge is 2.37. The fourth-order valence-electron chi connectivity index (χ4n) is 4.17. The topological polar surface area (TPSA) is 146 Å². The Bertz CT molecular complexity index is 1660. The van der Waals surface area contributed by atoms with Crippen LogP contribution in [0.25, 0.3) is 17.5 Å². The third-order valence-corrected chi connectivity index (χ3v) is 7.12. The third-order valence-electron chi connectivity index (χ3n) is 6.01. The number of allylic oxidation sites excluding steroid dienone is 1. The van der Waals surface area contributed by atoms with Crippen LogP contribution < -0.4 is 35.3 Å². The second-order valence-corrected chi connectivity index (χ2v) is 9.14. The number of nitrogens with one attached hydrogen (secondary N) is 1. The van der Waals surface area contributed by atoms with Gasteiger partial charge in [-0.1, -0.05) is 43.8 Å². The average molecular weight is 549 g/mol. The summed E-state index contributed by atoms with van der Waals surface area (Å²) < 4.78 is 16.8. The fourth-order valence-corrected chi connectivity index (χ4v) is 5.31. The molecule has 39 heavy (non-hydrogen) atoms. The SMILES string of the molecule is C.COC(=O)/C=c1\sc2n(c1=O)C(N)=C(C#N)C(c1ccc(OC)cc1OC)C=2C(=O)NCc1ccccc1. The van der Waals surface area contributed by atoms with Crippen molar-refractivity contribution in [1.29, 1.82) is 5.26 Å². The summed E-state index contributed by atoms with van der Waals surface area (Å²) in [5.41, 5.74) is 7.15. The number of esters is 1. The molecule has 1 aliphatic heterocycles. The summed E-state index contributed by atoms with van der Waals surface area (Å²) >= 11 is 0.907. The number of methoxy groups -OCH3 is 3. The first-order valence-electron chi connectivity index (χ1n) is 11.3. The average Bonchev–Trinajstić information content (AvgIpc) is 3.26. The quantitative estimate of drug-likeness (QED) is 0.422. The maximum Gasteiger partial charge on any atom is 0.332 e. The molecule has 10 nitrogen and oxygen atoms in total. The van der Waals surface area contributed by atoms with E-state index in [1.165, 1.54) is 21.3 Å². The number of rotatable bonds is 7. The normalized spacial score (nSPS) is 14.6. The molecule has 1 amide bonds. The second kappa shape index (κ2) is 12.1. The first-order chi connectivity index (χ1) is 18.3. The number of carbonyl (C=O) groups is 2. The Hall–Kier alpha value is -4.82. The lowest BCUT2D eigenvalue weighted by Crippen LogP contribution is -2.42. The number of aromatic nitrogens is 1. The molecule has 1 aliphatic rings. The molecule has 0 saturated carbocycles.